The zero-order valence-electron chi connectivity index (χ0n) is 26.0. The van der Waals surface area contributed by atoms with Crippen LogP contribution in [0.5, 0.6) is 11.5 Å². The summed E-state index contributed by atoms with van der Waals surface area (Å²) in [6, 6.07) is 33.4. The molecule has 4 aromatic carbocycles. The second-order valence-corrected chi connectivity index (χ2v) is 12.1. The van der Waals surface area contributed by atoms with Gasteiger partial charge in [-0.1, -0.05) is 50.2 Å². The van der Waals surface area contributed by atoms with E-state index in [2.05, 4.69) is 49.6 Å². The van der Waals surface area contributed by atoms with Crippen LogP contribution in [-0.4, -0.2) is 19.3 Å². The average molecular weight is 595 g/mol. The lowest BCUT2D eigenvalue weighted by Gasteiger charge is -2.12. The molecule has 0 N–H and O–H groups in total. The van der Waals surface area contributed by atoms with Crippen LogP contribution in [0, 0.1) is 25.6 Å². The van der Waals surface area contributed by atoms with Gasteiger partial charge in [-0.05, 0) is 98.3 Å². The van der Waals surface area contributed by atoms with Gasteiger partial charge in [0.2, 0.25) is 0 Å². The molecular weight excluding hydrogens is 559 g/mol. The second kappa shape index (κ2) is 11.7. The van der Waals surface area contributed by atoms with Crippen molar-refractivity contribution in [3.05, 3.63) is 132 Å². The highest BCUT2D eigenvalue weighted by Gasteiger charge is 2.17. The van der Waals surface area contributed by atoms with Gasteiger partial charge in [0.15, 0.2) is 0 Å². The Balaban J connectivity index is 1.27. The lowest BCUT2D eigenvalue weighted by molar-refractivity contribution is 0.482. The third-order valence-corrected chi connectivity index (χ3v) is 8.40. The number of benzene rings is 4. The molecular formula is C39H35FN4O. The Morgan fingerprint density at radius 2 is 1.60 bits per heavy atom. The minimum absolute atomic E-state index is 0.267. The third kappa shape index (κ3) is 5.48. The molecule has 0 amide bonds. The normalized spacial score (nSPS) is 11.6. The van der Waals surface area contributed by atoms with Gasteiger partial charge in [0.05, 0.1) is 22.4 Å². The maximum atomic E-state index is 14.5. The Morgan fingerprint density at radius 3 is 2.42 bits per heavy atom. The zero-order chi connectivity index (χ0) is 31.1. The van der Waals surface area contributed by atoms with Crippen molar-refractivity contribution in [1.29, 1.82) is 0 Å². The predicted octanol–water partition coefficient (Wildman–Crippen LogP) is 10.2. The number of ether oxygens (including phenoxy) is 1. The van der Waals surface area contributed by atoms with Crippen molar-refractivity contribution >= 4 is 21.8 Å². The standard InChI is InChI=1S/C39H35FN4O/c1-25(2)13-14-28-19-20-41-38(21-28)43-36-18-15-30(40)22-35(36)34-17-16-33(24-37(34)43)45-32-12-8-11-31(23-32)44-27(4)39(26(3)42-44)29-9-6-5-7-10-29/h5-12,15-25H,13-14H2,1-4H3. The molecule has 3 heterocycles. The van der Waals surface area contributed by atoms with Crippen LogP contribution in [0.2, 0.25) is 0 Å². The highest BCUT2D eigenvalue weighted by atomic mass is 19.1. The van der Waals surface area contributed by atoms with E-state index in [1.54, 1.807) is 6.07 Å². The molecule has 0 atom stereocenters. The summed E-state index contributed by atoms with van der Waals surface area (Å²) in [5.74, 6) is 2.53. The van der Waals surface area contributed by atoms with E-state index >= 15 is 0 Å². The van der Waals surface area contributed by atoms with Crippen molar-refractivity contribution in [2.24, 2.45) is 5.92 Å². The molecule has 0 aliphatic heterocycles. The first-order valence-corrected chi connectivity index (χ1v) is 15.4. The SMILES string of the molecule is Cc1nn(-c2cccc(Oc3ccc4c5cc(F)ccc5n(-c5cc(CCC(C)C)ccn5)c4c3)c2)c(C)c1-c1ccccc1. The van der Waals surface area contributed by atoms with Gasteiger partial charge < -0.3 is 4.74 Å². The van der Waals surface area contributed by atoms with Gasteiger partial charge >= 0.3 is 0 Å². The van der Waals surface area contributed by atoms with Gasteiger partial charge in [0, 0.05) is 40.4 Å². The van der Waals surface area contributed by atoms with Crippen LogP contribution in [0.4, 0.5) is 4.39 Å². The molecule has 0 aliphatic rings. The molecule has 224 valence electrons. The van der Waals surface area contributed by atoms with E-state index in [1.165, 1.54) is 11.6 Å². The highest BCUT2D eigenvalue weighted by molar-refractivity contribution is 6.09. The Bertz CT molecular complexity index is 2160. The highest BCUT2D eigenvalue weighted by Crippen LogP contribution is 2.36. The molecule has 0 fully saturated rings. The summed E-state index contributed by atoms with van der Waals surface area (Å²) in [7, 11) is 0. The van der Waals surface area contributed by atoms with Crippen molar-refractivity contribution in [3.8, 4) is 34.1 Å². The van der Waals surface area contributed by atoms with Crippen LogP contribution in [0.3, 0.4) is 0 Å². The van der Waals surface area contributed by atoms with E-state index in [0.29, 0.717) is 17.4 Å². The summed E-state index contributed by atoms with van der Waals surface area (Å²) in [5.41, 5.74) is 8.28. The summed E-state index contributed by atoms with van der Waals surface area (Å²) >= 11 is 0. The topological polar surface area (TPSA) is 44.9 Å². The molecule has 45 heavy (non-hydrogen) atoms. The van der Waals surface area contributed by atoms with Crippen LogP contribution >= 0.6 is 0 Å². The van der Waals surface area contributed by atoms with Crippen LogP contribution in [-0.2, 0) is 6.42 Å². The van der Waals surface area contributed by atoms with E-state index in [0.717, 1.165) is 68.7 Å². The average Bonchev–Trinajstić information content (AvgIpc) is 3.52. The van der Waals surface area contributed by atoms with Crippen LogP contribution < -0.4 is 4.74 Å². The van der Waals surface area contributed by atoms with Crippen molar-refractivity contribution in [1.82, 2.24) is 19.3 Å². The van der Waals surface area contributed by atoms with Crippen LogP contribution in [0.1, 0.15) is 37.2 Å². The van der Waals surface area contributed by atoms with Gasteiger partial charge in [-0.2, -0.15) is 5.10 Å². The molecule has 0 radical (unpaired) electrons. The van der Waals surface area contributed by atoms with Gasteiger partial charge in [0.1, 0.15) is 23.1 Å². The van der Waals surface area contributed by atoms with E-state index in [1.807, 2.05) is 84.5 Å². The minimum atomic E-state index is -0.267. The molecule has 6 heteroatoms. The maximum Gasteiger partial charge on any atom is 0.137 e. The lowest BCUT2D eigenvalue weighted by atomic mass is 10.0. The number of aryl methyl sites for hydroxylation is 2. The largest absolute Gasteiger partial charge is 0.457 e. The Labute approximate surface area is 262 Å². The van der Waals surface area contributed by atoms with Crippen molar-refractivity contribution in [3.63, 3.8) is 0 Å². The number of fused-ring (bicyclic) bond motifs is 3. The first kappa shape index (κ1) is 28.5. The fourth-order valence-corrected chi connectivity index (χ4v) is 6.21. The molecule has 7 rings (SSSR count). The first-order chi connectivity index (χ1) is 21.9. The smallest absolute Gasteiger partial charge is 0.137 e. The Kier molecular flexibility index (Phi) is 7.42. The second-order valence-electron chi connectivity index (χ2n) is 12.1. The molecule has 3 aromatic heterocycles. The number of aromatic nitrogens is 4. The molecule has 0 aliphatic carbocycles. The summed E-state index contributed by atoms with van der Waals surface area (Å²) < 4.78 is 25.0. The Hall–Kier alpha value is -5.23. The molecule has 5 nitrogen and oxygen atoms in total. The lowest BCUT2D eigenvalue weighted by Crippen LogP contribution is -2.00. The van der Waals surface area contributed by atoms with E-state index in [4.69, 9.17) is 14.8 Å². The molecule has 0 saturated carbocycles. The molecule has 0 spiro atoms. The van der Waals surface area contributed by atoms with E-state index in [9.17, 15) is 4.39 Å². The molecule has 0 unspecified atom stereocenters. The zero-order valence-corrected chi connectivity index (χ0v) is 26.0. The van der Waals surface area contributed by atoms with Crippen molar-refractivity contribution in [2.75, 3.05) is 0 Å². The number of rotatable bonds is 8. The van der Waals surface area contributed by atoms with Gasteiger partial charge in [-0.15, -0.1) is 0 Å². The summed E-state index contributed by atoms with van der Waals surface area (Å²) in [6.45, 7) is 8.61. The van der Waals surface area contributed by atoms with Gasteiger partial charge in [0.25, 0.3) is 0 Å². The summed E-state index contributed by atoms with van der Waals surface area (Å²) in [5, 5.41) is 6.65. The van der Waals surface area contributed by atoms with E-state index < -0.39 is 0 Å². The molecule has 0 saturated heterocycles. The summed E-state index contributed by atoms with van der Waals surface area (Å²) in [6.07, 6.45) is 3.94. The Morgan fingerprint density at radius 1 is 0.778 bits per heavy atom. The minimum Gasteiger partial charge on any atom is -0.457 e. The number of halogens is 1. The molecule has 7 aromatic rings. The first-order valence-electron chi connectivity index (χ1n) is 15.4. The van der Waals surface area contributed by atoms with Crippen LogP contribution in [0.15, 0.2) is 109 Å². The number of hydrogen-bond acceptors (Lipinski definition) is 3. The predicted molar refractivity (Wildman–Crippen MR) is 180 cm³/mol. The number of nitrogens with zero attached hydrogens (tertiary/aromatic N) is 4. The van der Waals surface area contributed by atoms with Crippen molar-refractivity contribution < 1.29 is 9.13 Å². The number of hydrogen-bond donors (Lipinski definition) is 0. The maximum absolute atomic E-state index is 14.5. The van der Waals surface area contributed by atoms with E-state index in [-0.39, 0.29) is 5.82 Å². The monoisotopic (exact) mass is 594 g/mol. The van der Waals surface area contributed by atoms with Crippen LogP contribution in [0.25, 0.3) is 44.4 Å². The quantitative estimate of drug-likeness (QED) is 0.176. The summed E-state index contributed by atoms with van der Waals surface area (Å²) in [4.78, 5) is 4.75. The number of pyridine rings is 1. The molecule has 0 bridgehead atoms. The van der Waals surface area contributed by atoms with Gasteiger partial charge in [-0.25, -0.2) is 14.1 Å². The van der Waals surface area contributed by atoms with Crippen molar-refractivity contribution in [2.45, 2.75) is 40.5 Å². The van der Waals surface area contributed by atoms with Gasteiger partial charge in [-0.3, -0.25) is 4.57 Å². The third-order valence-electron chi connectivity index (χ3n) is 8.40. The fourth-order valence-electron chi connectivity index (χ4n) is 6.21. The fraction of sp³-hybridized carbons (Fsp3) is 0.179.